The Labute approximate surface area is 130 Å². The van der Waals surface area contributed by atoms with Gasteiger partial charge in [-0.05, 0) is 42.8 Å². The molecule has 1 aromatic heterocycles. The summed E-state index contributed by atoms with van der Waals surface area (Å²) >= 11 is 7.12. The lowest BCUT2D eigenvalue weighted by Gasteiger charge is -2.07. The summed E-state index contributed by atoms with van der Waals surface area (Å²) in [5.74, 6) is -1.27. The minimum atomic E-state index is -1.02. The molecule has 0 atom stereocenters. The summed E-state index contributed by atoms with van der Waals surface area (Å²) in [7, 11) is 0. The molecule has 6 heteroatoms. The lowest BCUT2D eigenvalue weighted by molar-refractivity contribution is -0.131. The van der Waals surface area contributed by atoms with E-state index in [9.17, 15) is 9.59 Å². The number of carboxylic acids is 1. The van der Waals surface area contributed by atoms with Gasteiger partial charge in [-0.1, -0.05) is 17.7 Å². The molecule has 1 aromatic carbocycles. The van der Waals surface area contributed by atoms with E-state index in [0.29, 0.717) is 20.5 Å². The van der Waals surface area contributed by atoms with Crippen LogP contribution in [0.4, 0.5) is 5.69 Å². The summed E-state index contributed by atoms with van der Waals surface area (Å²) < 4.78 is 0. The molecule has 0 aliphatic carbocycles. The molecular weight excluding hydrogens is 310 g/mol. The number of halogens is 1. The van der Waals surface area contributed by atoms with Crippen LogP contribution in [0.15, 0.2) is 36.4 Å². The zero-order valence-corrected chi connectivity index (χ0v) is 12.7. The van der Waals surface area contributed by atoms with Crippen molar-refractivity contribution >= 4 is 46.6 Å². The van der Waals surface area contributed by atoms with Gasteiger partial charge in [-0.15, -0.1) is 11.3 Å². The largest absolute Gasteiger partial charge is 0.478 e. The summed E-state index contributed by atoms with van der Waals surface area (Å²) in [6, 6.07) is 8.62. The molecule has 0 radical (unpaired) electrons. The molecule has 4 nitrogen and oxygen atoms in total. The molecule has 108 valence electrons. The first-order chi connectivity index (χ1) is 9.95. The molecule has 0 spiro atoms. The van der Waals surface area contributed by atoms with Gasteiger partial charge in [0, 0.05) is 21.7 Å². The third-order valence-corrected chi connectivity index (χ3v) is 3.97. The number of amides is 1. The van der Waals surface area contributed by atoms with Crippen LogP contribution in [0.3, 0.4) is 0 Å². The third kappa shape index (κ3) is 4.18. The molecule has 2 aromatic rings. The Morgan fingerprint density at radius 1 is 1.29 bits per heavy atom. The highest BCUT2D eigenvalue weighted by molar-refractivity contribution is 7.15. The fourth-order valence-corrected chi connectivity index (χ4v) is 2.61. The fraction of sp³-hybridized carbons (Fsp3) is 0.0667. The van der Waals surface area contributed by atoms with E-state index in [1.54, 1.807) is 24.3 Å². The number of carboxylic acid groups (broad SMARTS) is 1. The Morgan fingerprint density at radius 2 is 2.05 bits per heavy atom. The van der Waals surface area contributed by atoms with Crippen LogP contribution in [0, 0.1) is 6.92 Å². The van der Waals surface area contributed by atoms with Crippen molar-refractivity contribution in [3.8, 4) is 0 Å². The number of carbonyl (C=O) groups excluding carboxylic acids is 1. The summed E-state index contributed by atoms with van der Waals surface area (Å²) in [5.41, 5.74) is 1.57. The second-order valence-corrected chi connectivity index (χ2v) is 5.84. The minimum absolute atomic E-state index is 0.250. The summed E-state index contributed by atoms with van der Waals surface area (Å²) in [4.78, 5) is 23.8. The Balaban J connectivity index is 2.14. The standard InChI is InChI=1S/C15H12ClNO3S/c1-9-2-3-10(16)8-12(9)17-15(20)13-6-4-11(21-13)5-7-14(18)19/h2-8H,1H3,(H,17,20)(H,18,19). The molecular formula is C15H12ClNO3S. The van der Waals surface area contributed by atoms with Crippen molar-refractivity contribution in [2.45, 2.75) is 6.92 Å². The van der Waals surface area contributed by atoms with E-state index in [1.165, 1.54) is 17.4 Å². The highest BCUT2D eigenvalue weighted by Gasteiger charge is 2.10. The molecule has 2 rings (SSSR count). The van der Waals surface area contributed by atoms with Crippen LogP contribution in [0.25, 0.3) is 6.08 Å². The van der Waals surface area contributed by atoms with E-state index in [0.717, 1.165) is 11.6 Å². The smallest absolute Gasteiger partial charge is 0.328 e. The van der Waals surface area contributed by atoms with Gasteiger partial charge >= 0.3 is 5.97 Å². The van der Waals surface area contributed by atoms with Gasteiger partial charge in [0.25, 0.3) is 5.91 Å². The topological polar surface area (TPSA) is 66.4 Å². The monoisotopic (exact) mass is 321 g/mol. The predicted octanol–water partition coefficient (Wildman–Crippen LogP) is 4.06. The molecule has 0 saturated heterocycles. The highest BCUT2D eigenvalue weighted by atomic mass is 35.5. The van der Waals surface area contributed by atoms with E-state index in [2.05, 4.69) is 5.32 Å². The van der Waals surface area contributed by atoms with Crippen LogP contribution in [0.2, 0.25) is 5.02 Å². The maximum atomic E-state index is 12.1. The number of thiophene rings is 1. The van der Waals surface area contributed by atoms with Crippen LogP contribution >= 0.6 is 22.9 Å². The lowest BCUT2D eigenvalue weighted by Crippen LogP contribution is -2.11. The second-order valence-electron chi connectivity index (χ2n) is 4.29. The average molecular weight is 322 g/mol. The first-order valence-corrected chi connectivity index (χ1v) is 7.23. The number of nitrogens with one attached hydrogen (secondary N) is 1. The summed E-state index contributed by atoms with van der Waals surface area (Å²) in [6.07, 6.45) is 2.49. The number of hydrogen-bond acceptors (Lipinski definition) is 3. The van der Waals surface area contributed by atoms with Gasteiger partial charge in [-0.25, -0.2) is 4.79 Å². The van der Waals surface area contributed by atoms with Gasteiger partial charge in [0.15, 0.2) is 0 Å². The number of rotatable bonds is 4. The molecule has 0 fully saturated rings. The van der Waals surface area contributed by atoms with E-state index in [4.69, 9.17) is 16.7 Å². The lowest BCUT2D eigenvalue weighted by atomic mass is 10.2. The molecule has 1 amide bonds. The zero-order chi connectivity index (χ0) is 15.4. The fourth-order valence-electron chi connectivity index (χ4n) is 1.63. The Kier molecular flexibility index (Phi) is 4.77. The van der Waals surface area contributed by atoms with Crippen molar-refractivity contribution in [3.05, 3.63) is 56.7 Å². The molecule has 0 unspecified atom stereocenters. The number of aliphatic carboxylic acids is 1. The van der Waals surface area contributed by atoms with Crippen LogP contribution in [-0.2, 0) is 4.79 Å². The average Bonchev–Trinajstić information content (AvgIpc) is 2.89. The Morgan fingerprint density at radius 3 is 2.76 bits per heavy atom. The molecule has 0 aliphatic rings. The quantitative estimate of drug-likeness (QED) is 0.834. The number of aryl methyl sites for hydroxylation is 1. The van der Waals surface area contributed by atoms with Crippen molar-refractivity contribution in [1.82, 2.24) is 0 Å². The first-order valence-electron chi connectivity index (χ1n) is 6.04. The molecule has 2 N–H and O–H groups in total. The van der Waals surface area contributed by atoms with Gasteiger partial charge in [-0.3, -0.25) is 4.79 Å². The molecule has 21 heavy (non-hydrogen) atoms. The summed E-state index contributed by atoms with van der Waals surface area (Å²) in [6.45, 7) is 1.88. The molecule has 1 heterocycles. The number of carbonyl (C=O) groups is 2. The zero-order valence-electron chi connectivity index (χ0n) is 11.1. The van der Waals surface area contributed by atoms with Crippen molar-refractivity contribution in [1.29, 1.82) is 0 Å². The number of benzene rings is 1. The van der Waals surface area contributed by atoms with Gasteiger partial charge < -0.3 is 10.4 Å². The Hall–Kier alpha value is -2.11. The Bertz CT molecular complexity index is 721. The first kappa shape index (κ1) is 15.3. The van der Waals surface area contributed by atoms with Crippen LogP contribution in [-0.4, -0.2) is 17.0 Å². The van der Waals surface area contributed by atoms with E-state index >= 15 is 0 Å². The highest BCUT2D eigenvalue weighted by Crippen LogP contribution is 2.23. The van der Waals surface area contributed by atoms with Crippen molar-refractivity contribution < 1.29 is 14.7 Å². The van der Waals surface area contributed by atoms with Crippen LogP contribution in [0.1, 0.15) is 20.1 Å². The molecule has 0 saturated carbocycles. The van der Waals surface area contributed by atoms with Gasteiger partial charge in [-0.2, -0.15) is 0 Å². The predicted molar refractivity (Wildman–Crippen MR) is 85.1 cm³/mol. The van der Waals surface area contributed by atoms with Gasteiger partial charge in [0.05, 0.1) is 4.88 Å². The summed E-state index contributed by atoms with van der Waals surface area (Å²) in [5, 5.41) is 11.9. The normalized spacial score (nSPS) is 10.8. The second kappa shape index (κ2) is 6.56. The maximum Gasteiger partial charge on any atom is 0.328 e. The van der Waals surface area contributed by atoms with Crippen LogP contribution < -0.4 is 5.32 Å². The van der Waals surface area contributed by atoms with Gasteiger partial charge in [0.2, 0.25) is 0 Å². The number of hydrogen-bond donors (Lipinski definition) is 2. The van der Waals surface area contributed by atoms with Crippen molar-refractivity contribution in [3.63, 3.8) is 0 Å². The van der Waals surface area contributed by atoms with E-state index < -0.39 is 5.97 Å². The maximum absolute atomic E-state index is 12.1. The molecule has 0 bridgehead atoms. The van der Waals surface area contributed by atoms with E-state index in [-0.39, 0.29) is 5.91 Å². The van der Waals surface area contributed by atoms with Crippen LogP contribution in [0.5, 0.6) is 0 Å². The van der Waals surface area contributed by atoms with Crippen molar-refractivity contribution in [2.75, 3.05) is 5.32 Å². The molecule has 0 aliphatic heterocycles. The number of anilines is 1. The van der Waals surface area contributed by atoms with E-state index in [1.807, 2.05) is 13.0 Å². The minimum Gasteiger partial charge on any atom is -0.478 e. The van der Waals surface area contributed by atoms with Gasteiger partial charge in [0.1, 0.15) is 0 Å². The SMILES string of the molecule is Cc1ccc(Cl)cc1NC(=O)c1ccc(C=CC(=O)O)s1. The third-order valence-electron chi connectivity index (χ3n) is 2.69. The van der Waals surface area contributed by atoms with Crippen molar-refractivity contribution in [2.24, 2.45) is 0 Å².